The van der Waals surface area contributed by atoms with Gasteiger partial charge in [0, 0.05) is 33.3 Å². The smallest absolute Gasteiger partial charge is 0.331 e. The van der Waals surface area contributed by atoms with Crippen molar-refractivity contribution in [2.45, 2.75) is 19.5 Å². The van der Waals surface area contributed by atoms with E-state index in [4.69, 9.17) is 14.7 Å². The van der Waals surface area contributed by atoms with Gasteiger partial charge in [-0.3, -0.25) is 29.5 Å². The van der Waals surface area contributed by atoms with Crippen LogP contribution in [0.3, 0.4) is 0 Å². The van der Waals surface area contributed by atoms with E-state index in [9.17, 15) is 9.59 Å². The summed E-state index contributed by atoms with van der Waals surface area (Å²) < 4.78 is 13.2. The van der Waals surface area contributed by atoms with Crippen LogP contribution in [0.5, 0.6) is 0 Å². The van der Waals surface area contributed by atoms with Crippen molar-refractivity contribution in [3.05, 3.63) is 39.0 Å². The van der Waals surface area contributed by atoms with Crippen molar-refractivity contribution >= 4 is 16.6 Å². The van der Waals surface area contributed by atoms with Gasteiger partial charge in [-0.2, -0.15) is 0 Å². The molecule has 0 saturated carbocycles. The van der Waals surface area contributed by atoms with Crippen LogP contribution in [-0.2, 0) is 22.6 Å². The maximum absolute atomic E-state index is 12.9. The van der Waals surface area contributed by atoms with Crippen molar-refractivity contribution in [1.82, 2.24) is 14.0 Å². The lowest BCUT2D eigenvalue weighted by Crippen LogP contribution is -2.42. The number of nitrogens with zero attached hydrogens (tertiary/aromatic N) is 3. The molecule has 2 heterocycles. The molecule has 2 N–H and O–H groups in total. The molecule has 3 rings (SSSR count). The Hall–Kier alpha value is -2.20. The Morgan fingerprint density at radius 2 is 1.93 bits per heavy atom. The third-order valence-electron chi connectivity index (χ3n) is 4.83. The topological polar surface area (TPSA) is 98.0 Å². The van der Waals surface area contributed by atoms with Gasteiger partial charge in [-0.05, 0) is 24.6 Å². The monoisotopic (exact) mass is 378 g/mol. The lowest BCUT2D eigenvalue weighted by atomic mass is 10.2. The van der Waals surface area contributed by atoms with Gasteiger partial charge < -0.3 is 9.47 Å². The van der Waals surface area contributed by atoms with Gasteiger partial charge in [0.1, 0.15) is 0 Å². The van der Waals surface area contributed by atoms with Crippen LogP contribution in [0.25, 0.3) is 10.9 Å². The lowest BCUT2D eigenvalue weighted by Gasteiger charge is -2.26. The van der Waals surface area contributed by atoms with Crippen LogP contribution in [0.2, 0.25) is 0 Å². The molecule has 0 unspecified atom stereocenters. The van der Waals surface area contributed by atoms with Crippen LogP contribution >= 0.6 is 0 Å². The Morgan fingerprint density at radius 3 is 2.63 bits per heavy atom. The fourth-order valence-electron chi connectivity index (χ4n) is 3.37. The highest BCUT2D eigenvalue weighted by Gasteiger charge is 2.15. The molecule has 0 radical (unpaired) electrons. The summed E-state index contributed by atoms with van der Waals surface area (Å²) in [5.41, 5.74) is 2.30. The summed E-state index contributed by atoms with van der Waals surface area (Å²) in [6.07, 6.45) is 0.789. The lowest BCUT2D eigenvalue weighted by molar-refractivity contribution is 0.0369. The Bertz CT molecular complexity index is 886. The average molecular weight is 378 g/mol. The number of morpholine rings is 1. The van der Waals surface area contributed by atoms with Gasteiger partial charge in [-0.1, -0.05) is 0 Å². The molecule has 0 atom stereocenters. The fourth-order valence-corrected chi connectivity index (χ4v) is 3.37. The molecule has 1 aromatic heterocycles. The molecule has 0 spiro atoms. The zero-order valence-corrected chi connectivity index (χ0v) is 15.5. The van der Waals surface area contributed by atoms with Crippen molar-refractivity contribution in [3.63, 3.8) is 0 Å². The highest BCUT2D eigenvalue weighted by Crippen LogP contribution is 2.15. The highest BCUT2D eigenvalue weighted by molar-refractivity contribution is 5.81. The van der Waals surface area contributed by atoms with E-state index in [1.165, 1.54) is 11.7 Å². The van der Waals surface area contributed by atoms with Crippen molar-refractivity contribution in [2.75, 3.05) is 52.0 Å². The van der Waals surface area contributed by atoms with Gasteiger partial charge in [0.05, 0.1) is 43.0 Å². The first-order valence-electron chi connectivity index (χ1n) is 9.12. The first kappa shape index (κ1) is 19.6. The molecule has 0 bridgehead atoms. The zero-order valence-electron chi connectivity index (χ0n) is 15.5. The molecule has 9 heteroatoms. The minimum absolute atomic E-state index is 0.185. The van der Waals surface area contributed by atoms with Gasteiger partial charge >= 0.3 is 5.69 Å². The molecule has 1 saturated heterocycles. The van der Waals surface area contributed by atoms with Crippen LogP contribution in [0.15, 0.2) is 27.8 Å². The molecule has 1 aliphatic heterocycles. The number of fused-ring (bicyclic) bond motifs is 1. The van der Waals surface area contributed by atoms with Gasteiger partial charge in [0.15, 0.2) is 0 Å². The van der Waals surface area contributed by atoms with Crippen LogP contribution in [-0.4, -0.2) is 65.8 Å². The Morgan fingerprint density at radius 1 is 1.15 bits per heavy atom. The van der Waals surface area contributed by atoms with E-state index in [-0.39, 0.29) is 24.4 Å². The van der Waals surface area contributed by atoms with E-state index in [1.54, 1.807) is 22.8 Å². The van der Waals surface area contributed by atoms with E-state index in [0.29, 0.717) is 23.1 Å². The fraction of sp³-hybridized carbons (Fsp3) is 0.556. The minimum Gasteiger partial charge on any atom is -0.383 e. The largest absolute Gasteiger partial charge is 0.383 e. The van der Waals surface area contributed by atoms with E-state index in [2.05, 4.69) is 10.4 Å². The predicted molar refractivity (Wildman–Crippen MR) is 102 cm³/mol. The second kappa shape index (κ2) is 9.14. The summed E-state index contributed by atoms with van der Waals surface area (Å²) >= 11 is 0. The average Bonchev–Trinajstić information content (AvgIpc) is 2.71. The van der Waals surface area contributed by atoms with Crippen molar-refractivity contribution < 1.29 is 14.7 Å². The predicted octanol–water partition coefficient (Wildman–Crippen LogP) is 0.333. The standard InChI is InChI=1S/C18H26N4O5/c1-26-10-9-22-17(23)15-13-14(19-25)3-4-16(15)21(18(22)24)6-2-5-20-7-11-27-12-8-20/h3-4,13,19,25H,2,5-12H2,1H3. The molecule has 1 aliphatic rings. The summed E-state index contributed by atoms with van der Waals surface area (Å²) in [5.74, 6) is 0. The molecular formula is C18H26N4O5. The second-order valence-electron chi connectivity index (χ2n) is 6.54. The Kier molecular flexibility index (Phi) is 6.62. The zero-order chi connectivity index (χ0) is 19.2. The van der Waals surface area contributed by atoms with Gasteiger partial charge in [-0.15, -0.1) is 0 Å². The third-order valence-corrected chi connectivity index (χ3v) is 4.83. The number of rotatable bonds is 8. The van der Waals surface area contributed by atoms with Gasteiger partial charge in [-0.25, -0.2) is 4.79 Å². The molecule has 148 valence electrons. The van der Waals surface area contributed by atoms with Crippen LogP contribution in [0.1, 0.15) is 6.42 Å². The first-order valence-corrected chi connectivity index (χ1v) is 9.12. The van der Waals surface area contributed by atoms with E-state index >= 15 is 0 Å². The maximum Gasteiger partial charge on any atom is 0.331 e. The number of benzene rings is 1. The van der Waals surface area contributed by atoms with E-state index < -0.39 is 0 Å². The highest BCUT2D eigenvalue weighted by atomic mass is 16.5. The van der Waals surface area contributed by atoms with E-state index in [0.717, 1.165) is 39.3 Å². The Balaban J connectivity index is 1.93. The quantitative estimate of drug-likeness (QED) is 0.639. The van der Waals surface area contributed by atoms with Crippen LogP contribution < -0.4 is 16.7 Å². The number of hydrogen-bond donors (Lipinski definition) is 2. The number of hydrogen-bond acceptors (Lipinski definition) is 7. The SMILES string of the molecule is COCCn1c(=O)c2cc(NO)ccc2n(CCCN2CCOCC2)c1=O. The first-order chi connectivity index (χ1) is 13.2. The molecule has 9 nitrogen and oxygen atoms in total. The second-order valence-corrected chi connectivity index (χ2v) is 6.54. The van der Waals surface area contributed by atoms with Gasteiger partial charge in [0.25, 0.3) is 5.56 Å². The molecule has 1 fully saturated rings. The number of anilines is 1. The molecule has 2 aromatic rings. The summed E-state index contributed by atoms with van der Waals surface area (Å²) in [6.45, 7) is 5.10. The van der Waals surface area contributed by atoms with Crippen molar-refractivity contribution in [2.24, 2.45) is 0 Å². The third kappa shape index (κ3) is 4.38. The molecule has 0 aliphatic carbocycles. The number of ether oxygens (including phenoxy) is 2. The van der Waals surface area contributed by atoms with E-state index in [1.807, 2.05) is 0 Å². The molecule has 27 heavy (non-hydrogen) atoms. The van der Waals surface area contributed by atoms with Crippen molar-refractivity contribution in [3.8, 4) is 0 Å². The maximum atomic E-state index is 12.9. The molecular weight excluding hydrogens is 352 g/mol. The number of nitrogens with one attached hydrogen (secondary N) is 1. The number of methoxy groups -OCH3 is 1. The summed E-state index contributed by atoms with van der Waals surface area (Å²) in [5, 5.41) is 9.53. The van der Waals surface area contributed by atoms with Crippen molar-refractivity contribution in [1.29, 1.82) is 0 Å². The van der Waals surface area contributed by atoms with Crippen LogP contribution in [0, 0.1) is 0 Å². The number of aromatic nitrogens is 2. The Labute approximate surface area is 156 Å². The minimum atomic E-state index is -0.381. The molecule has 0 amide bonds. The normalized spacial score (nSPS) is 15.3. The number of aryl methyl sites for hydroxylation is 1. The summed E-state index contributed by atoms with van der Waals surface area (Å²) in [6, 6.07) is 4.88. The van der Waals surface area contributed by atoms with Gasteiger partial charge in [0.2, 0.25) is 0 Å². The molecule has 1 aromatic carbocycles. The summed E-state index contributed by atoms with van der Waals surface area (Å²) in [7, 11) is 1.53. The van der Waals surface area contributed by atoms with Crippen LogP contribution in [0.4, 0.5) is 5.69 Å². The summed E-state index contributed by atoms with van der Waals surface area (Å²) in [4.78, 5) is 28.0.